The molecule has 1 aliphatic rings. The number of aryl methyl sites for hydroxylation is 1. The van der Waals surface area contributed by atoms with Crippen molar-refractivity contribution in [2.45, 2.75) is 31.3 Å². The quantitative estimate of drug-likeness (QED) is 0.578. The van der Waals surface area contributed by atoms with E-state index < -0.39 is 17.6 Å². The number of anilines is 1. The molecule has 158 valence electrons. The van der Waals surface area contributed by atoms with Crippen LogP contribution >= 0.6 is 0 Å². The van der Waals surface area contributed by atoms with Crippen LogP contribution in [0.2, 0.25) is 0 Å². The fourth-order valence-corrected chi connectivity index (χ4v) is 4.26. The van der Waals surface area contributed by atoms with E-state index in [-0.39, 0.29) is 5.91 Å². The number of carbonyl (C=O) groups excluding carboxylic acids is 2. The molecule has 5 heteroatoms. The van der Waals surface area contributed by atoms with E-state index in [1.165, 1.54) is 7.11 Å². The Hall–Kier alpha value is -3.44. The van der Waals surface area contributed by atoms with E-state index >= 15 is 0 Å². The molecule has 5 nitrogen and oxygen atoms in total. The molecule has 0 spiro atoms. The van der Waals surface area contributed by atoms with Gasteiger partial charge in [0.15, 0.2) is 0 Å². The molecular formula is C26H26N2O3. The average molecular weight is 415 g/mol. The molecule has 4 rings (SSSR count). The lowest BCUT2D eigenvalue weighted by Crippen LogP contribution is -2.57. The van der Waals surface area contributed by atoms with E-state index in [1.807, 2.05) is 85.8 Å². The van der Waals surface area contributed by atoms with E-state index in [9.17, 15) is 9.59 Å². The van der Waals surface area contributed by atoms with Crippen LogP contribution in [0.15, 0.2) is 78.9 Å². The minimum atomic E-state index is -1.09. The standard InChI is InChI=1S/C26H26N2O3/c1-18-10-6-7-13-20(18)17-26(21-14-8-9-15-22(21)27-25(26)30)28-23(24(29)31-2)16-19-11-4-3-5-12-19/h3-15,23,28H,16-17H2,1-2H3,(H,27,30)/t23-,26+/m0/s1. The van der Waals surface area contributed by atoms with Crippen molar-refractivity contribution >= 4 is 17.6 Å². The summed E-state index contributed by atoms with van der Waals surface area (Å²) in [5.41, 5.74) is 3.64. The van der Waals surface area contributed by atoms with Gasteiger partial charge in [-0.3, -0.25) is 14.9 Å². The molecule has 0 saturated heterocycles. The Morgan fingerprint density at radius 2 is 1.68 bits per heavy atom. The van der Waals surface area contributed by atoms with Crippen LogP contribution < -0.4 is 10.6 Å². The Kier molecular flexibility index (Phi) is 5.87. The molecule has 3 aromatic rings. The van der Waals surface area contributed by atoms with Gasteiger partial charge in [0.25, 0.3) is 0 Å². The van der Waals surface area contributed by atoms with Gasteiger partial charge in [0.05, 0.1) is 7.11 Å². The number of hydrogen-bond donors (Lipinski definition) is 2. The summed E-state index contributed by atoms with van der Waals surface area (Å²) >= 11 is 0. The third-order valence-corrected chi connectivity index (χ3v) is 5.93. The van der Waals surface area contributed by atoms with Crippen molar-refractivity contribution < 1.29 is 14.3 Å². The first kappa shape index (κ1) is 20.8. The summed E-state index contributed by atoms with van der Waals surface area (Å²) in [5.74, 6) is -0.566. The smallest absolute Gasteiger partial charge is 0.323 e. The Morgan fingerprint density at radius 3 is 2.42 bits per heavy atom. The predicted molar refractivity (Wildman–Crippen MR) is 121 cm³/mol. The van der Waals surface area contributed by atoms with Gasteiger partial charge in [-0.05, 0) is 36.1 Å². The number of fused-ring (bicyclic) bond motifs is 1. The fraction of sp³-hybridized carbons (Fsp3) is 0.231. The molecule has 3 aromatic carbocycles. The average Bonchev–Trinajstić information content (AvgIpc) is 3.06. The number of benzene rings is 3. The van der Waals surface area contributed by atoms with Gasteiger partial charge in [-0.1, -0.05) is 72.8 Å². The van der Waals surface area contributed by atoms with E-state index in [4.69, 9.17) is 4.74 Å². The van der Waals surface area contributed by atoms with Crippen molar-refractivity contribution in [3.05, 3.63) is 101 Å². The highest BCUT2D eigenvalue weighted by Gasteiger charge is 2.49. The summed E-state index contributed by atoms with van der Waals surface area (Å²) in [4.78, 5) is 26.2. The second-order valence-corrected chi connectivity index (χ2v) is 7.92. The first-order valence-electron chi connectivity index (χ1n) is 10.4. The summed E-state index contributed by atoms with van der Waals surface area (Å²) in [6.45, 7) is 2.03. The maximum atomic E-state index is 13.4. The molecule has 0 bridgehead atoms. The molecule has 0 saturated carbocycles. The van der Waals surface area contributed by atoms with Crippen molar-refractivity contribution in [2.75, 3.05) is 12.4 Å². The zero-order valence-corrected chi connectivity index (χ0v) is 17.7. The second kappa shape index (κ2) is 8.74. The summed E-state index contributed by atoms with van der Waals surface area (Å²) in [5, 5.41) is 6.42. The van der Waals surface area contributed by atoms with Crippen LogP contribution in [-0.4, -0.2) is 25.0 Å². The van der Waals surface area contributed by atoms with Crippen LogP contribution in [0.1, 0.15) is 22.3 Å². The van der Waals surface area contributed by atoms with E-state index in [0.29, 0.717) is 12.8 Å². The molecular weight excluding hydrogens is 388 g/mol. The molecule has 1 amide bonds. The molecule has 0 fully saturated rings. The summed E-state index contributed by atoms with van der Waals surface area (Å²) in [6.07, 6.45) is 0.837. The summed E-state index contributed by atoms with van der Waals surface area (Å²) < 4.78 is 5.10. The number of carbonyl (C=O) groups is 2. The van der Waals surface area contributed by atoms with Crippen molar-refractivity contribution in [2.24, 2.45) is 0 Å². The highest BCUT2D eigenvalue weighted by Crippen LogP contribution is 2.39. The highest BCUT2D eigenvalue weighted by molar-refractivity contribution is 6.06. The number of amides is 1. The Bertz CT molecular complexity index is 1100. The fourth-order valence-electron chi connectivity index (χ4n) is 4.26. The Labute approximate surface area is 182 Å². The maximum Gasteiger partial charge on any atom is 0.323 e. The molecule has 1 heterocycles. The third-order valence-electron chi connectivity index (χ3n) is 5.93. The van der Waals surface area contributed by atoms with Gasteiger partial charge in [0.1, 0.15) is 11.6 Å². The number of hydrogen-bond acceptors (Lipinski definition) is 4. The van der Waals surface area contributed by atoms with Gasteiger partial charge in [0.2, 0.25) is 5.91 Å². The number of rotatable bonds is 7. The summed E-state index contributed by atoms with van der Waals surface area (Å²) in [7, 11) is 1.37. The Balaban J connectivity index is 1.78. The van der Waals surface area contributed by atoms with Crippen LogP contribution in [0.3, 0.4) is 0 Å². The maximum absolute atomic E-state index is 13.4. The number of para-hydroxylation sites is 1. The van der Waals surface area contributed by atoms with Crippen LogP contribution in [0.5, 0.6) is 0 Å². The highest BCUT2D eigenvalue weighted by atomic mass is 16.5. The first-order chi connectivity index (χ1) is 15.0. The zero-order chi connectivity index (χ0) is 21.8. The molecule has 0 unspecified atom stereocenters. The van der Waals surface area contributed by atoms with Crippen LogP contribution in [0.25, 0.3) is 0 Å². The predicted octanol–water partition coefficient (Wildman–Crippen LogP) is 3.76. The number of methoxy groups -OCH3 is 1. The van der Waals surface area contributed by atoms with Crippen LogP contribution in [0, 0.1) is 6.92 Å². The van der Waals surface area contributed by atoms with Crippen LogP contribution in [-0.2, 0) is 32.7 Å². The lowest BCUT2D eigenvalue weighted by Gasteiger charge is -2.33. The lowest BCUT2D eigenvalue weighted by molar-refractivity contribution is -0.144. The minimum absolute atomic E-state index is 0.168. The van der Waals surface area contributed by atoms with Gasteiger partial charge in [-0.25, -0.2) is 0 Å². The largest absolute Gasteiger partial charge is 0.468 e. The Morgan fingerprint density at radius 1 is 1.00 bits per heavy atom. The van der Waals surface area contributed by atoms with Gasteiger partial charge in [-0.2, -0.15) is 0 Å². The van der Waals surface area contributed by atoms with Crippen molar-refractivity contribution in [1.82, 2.24) is 5.32 Å². The minimum Gasteiger partial charge on any atom is -0.468 e. The molecule has 0 aliphatic carbocycles. The van der Waals surface area contributed by atoms with Gasteiger partial charge in [0, 0.05) is 17.7 Å². The van der Waals surface area contributed by atoms with Crippen LogP contribution in [0.4, 0.5) is 5.69 Å². The normalized spacial score (nSPS) is 18.2. The van der Waals surface area contributed by atoms with Gasteiger partial charge >= 0.3 is 5.97 Å². The van der Waals surface area contributed by atoms with Crippen molar-refractivity contribution in [3.63, 3.8) is 0 Å². The molecule has 1 aliphatic heterocycles. The molecule has 2 N–H and O–H groups in total. The molecule has 0 radical (unpaired) electrons. The molecule has 31 heavy (non-hydrogen) atoms. The monoisotopic (exact) mass is 414 g/mol. The third kappa shape index (κ3) is 4.09. The number of esters is 1. The van der Waals surface area contributed by atoms with E-state index in [2.05, 4.69) is 10.6 Å². The van der Waals surface area contributed by atoms with E-state index in [1.54, 1.807) is 0 Å². The number of nitrogens with one attached hydrogen (secondary N) is 2. The molecule has 2 atom stereocenters. The zero-order valence-electron chi connectivity index (χ0n) is 17.7. The SMILES string of the molecule is COC(=O)[C@H](Cc1ccccc1)N[C@@]1(Cc2ccccc2C)C(=O)Nc2ccccc21. The molecule has 0 aromatic heterocycles. The first-order valence-corrected chi connectivity index (χ1v) is 10.4. The van der Waals surface area contributed by atoms with Crippen molar-refractivity contribution in [3.8, 4) is 0 Å². The summed E-state index contributed by atoms with van der Waals surface area (Å²) in [6, 6.07) is 24.7. The lowest BCUT2D eigenvalue weighted by atomic mass is 9.82. The van der Waals surface area contributed by atoms with Gasteiger partial charge in [-0.15, -0.1) is 0 Å². The van der Waals surface area contributed by atoms with Crippen molar-refractivity contribution in [1.29, 1.82) is 0 Å². The van der Waals surface area contributed by atoms with Gasteiger partial charge < -0.3 is 10.1 Å². The second-order valence-electron chi connectivity index (χ2n) is 7.92. The van der Waals surface area contributed by atoms with E-state index in [0.717, 1.165) is 27.9 Å². The topological polar surface area (TPSA) is 67.4 Å². The number of ether oxygens (including phenoxy) is 1.